The largest absolute Gasteiger partial charge is 0.461 e. The molecule has 0 unspecified atom stereocenters. The Bertz CT molecular complexity index is 775. The molecule has 0 radical (unpaired) electrons. The highest BCUT2D eigenvalue weighted by molar-refractivity contribution is 9.10. The summed E-state index contributed by atoms with van der Waals surface area (Å²) in [5.74, 6) is 0.726. The summed E-state index contributed by atoms with van der Waals surface area (Å²) in [5, 5.41) is 13.8. The average molecular weight is 515 g/mol. The number of allylic oxidation sites excluding steroid dienone is 2. The molecule has 1 aromatic rings. The second-order valence-electron chi connectivity index (χ2n) is 6.64. The lowest BCUT2D eigenvalue weighted by atomic mass is 10.1. The zero-order valence-corrected chi connectivity index (χ0v) is 20.2. The van der Waals surface area contributed by atoms with Crippen molar-refractivity contribution in [3.05, 3.63) is 57.9 Å². The minimum absolute atomic E-state index is 0.0104. The van der Waals surface area contributed by atoms with Crippen molar-refractivity contribution in [3.8, 4) is 0 Å². The number of aliphatic hydroxyl groups excluding tert-OH is 1. The quantitative estimate of drug-likeness (QED) is 0.344. The maximum atomic E-state index is 12.5. The van der Waals surface area contributed by atoms with E-state index in [4.69, 9.17) is 4.74 Å². The van der Waals surface area contributed by atoms with Crippen molar-refractivity contribution in [3.63, 3.8) is 0 Å². The highest BCUT2D eigenvalue weighted by Crippen LogP contribution is 2.25. The average Bonchev–Trinajstić information content (AvgIpc) is 2.71. The Morgan fingerprint density at radius 1 is 1.47 bits per heavy atom. The second-order valence-corrected chi connectivity index (χ2v) is 9.67. The molecule has 1 atom stereocenters. The minimum atomic E-state index is -0.489. The third kappa shape index (κ3) is 8.47. The highest BCUT2D eigenvalue weighted by atomic mass is 79.9. The number of hydrogen-bond acceptors (Lipinski definition) is 7. The first kappa shape index (κ1) is 25.0. The van der Waals surface area contributed by atoms with Gasteiger partial charge < -0.3 is 9.84 Å². The monoisotopic (exact) mass is 514 g/mol. The van der Waals surface area contributed by atoms with Crippen molar-refractivity contribution in [1.82, 2.24) is 10.0 Å². The number of halogens is 1. The molecule has 0 bridgehead atoms. The molecule has 164 valence electrons. The Morgan fingerprint density at radius 3 is 2.97 bits per heavy atom. The summed E-state index contributed by atoms with van der Waals surface area (Å²) >= 11 is 5.74. The predicted octanol–water partition coefficient (Wildman–Crippen LogP) is 5.09. The van der Waals surface area contributed by atoms with Gasteiger partial charge in [0.05, 0.1) is 13.2 Å². The van der Waals surface area contributed by atoms with Gasteiger partial charge in [-0.3, -0.25) is 9.80 Å². The summed E-state index contributed by atoms with van der Waals surface area (Å²) < 4.78 is 5.70. The van der Waals surface area contributed by atoms with E-state index in [0.717, 1.165) is 39.0 Å². The van der Waals surface area contributed by atoms with Gasteiger partial charge in [-0.05, 0) is 53.6 Å². The van der Waals surface area contributed by atoms with Gasteiger partial charge in [0.15, 0.2) is 0 Å². The number of rotatable bonds is 10. The number of ether oxygens (including phenoxy) is 1. The Morgan fingerprint density at radius 2 is 2.27 bits per heavy atom. The van der Waals surface area contributed by atoms with Crippen LogP contribution in [0.3, 0.4) is 0 Å². The smallest absolute Gasteiger partial charge is 0.371 e. The van der Waals surface area contributed by atoms with Gasteiger partial charge in [0.1, 0.15) is 0 Å². The molecule has 1 aromatic carbocycles. The molecule has 1 saturated heterocycles. The van der Waals surface area contributed by atoms with Crippen molar-refractivity contribution in [2.24, 2.45) is 0 Å². The molecule has 30 heavy (non-hydrogen) atoms. The number of nitrogens with zero attached hydrogens (tertiary/aromatic N) is 2. The normalized spacial score (nSPS) is 16.4. The van der Waals surface area contributed by atoms with Crippen LogP contribution in [0.1, 0.15) is 18.4 Å². The van der Waals surface area contributed by atoms with Gasteiger partial charge >= 0.3 is 5.30 Å². The van der Waals surface area contributed by atoms with Crippen LogP contribution in [0.2, 0.25) is 0 Å². The maximum Gasteiger partial charge on any atom is 0.371 e. The molecule has 1 N–H and O–H groups in total. The molecule has 9 heteroatoms. The number of hydrazine groups is 1. The van der Waals surface area contributed by atoms with Crippen LogP contribution in [0.5, 0.6) is 0 Å². The number of carbonyl (C=O) groups excluding carboxylic acids is 2. The van der Waals surface area contributed by atoms with Gasteiger partial charge in [0.25, 0.3) is 5.24 Å². The van der Waals surface area contributed by atoms with Gasteiger partial charge in [0.2, 0.25) is 0 Å². The number of amides is 1. The Balaban J connectivity index is 1.91. The fourth-order valence-corrected chi connectivity index (χ4v) is 4.95. The van der Waals surface area contributed by atoms with E-state index in [0.29, 0.717) is 32.4 Å². The number of methoxy groups -OCH3 is 1. The van der Waals surface area contributed by atoms with Crippen molar-refractivity contribution in [2.75, 3.05) is 32.5 Å². The van der Waals surface area contributed by atoms with Crippen LogP contribution in [0.4, 0.5) is 9.59 Å². The van der Waals surface area contributed by atoms with Gasteiger partial charge in [-0.2, -0.15) is 0 Å². The Kier molecular flexibility index (Phi) is 11.0. The molecule has 2 rings (SSSR count). The molecule has 1 amide bonds. The molecule has 0 aliphatic carbocycles. The van der Waals surface area contributed by atoms with E-state index in [-0.39, 0.29) is 5.24 Å². The van der Waals surface area contributed by atoms with E-state index in [2.05, 4.69) is 22.5 Å². The molecular weight excluding hydrogens is 488 g/mol. The topological polar surface area (TPSA) is 70.1 Å². The zero-order valence-electron chi connectivity index (χ0n) is 17.0. The lowest BCUT2D eigenvalue weighted by Gasteiger charge is -2.38. The number of aliphatic hydroxyl groups is 1. The van der Waals surface area contributed by atoms with Crippen LogP contribution in [0.15, 0.2) is 52.4 Å². The standard InChI is InChI=1S/C21H27BrN2O4S2/c1-3-5-19(30-21(27)28-2)9-11-24-20(26)29-13-12-23(24)10-8-18(25)15-16-6-4-7-17(22)14-16/h3-7,14,18,25H,1,8-13,15H2,2H3/b19-5-/t18-/m1/s1. The number of thioether (sulfide) groups is 2. The summed E-state index contributed by atoms with van der Waals surface area (Å²) in [6.45, 7) is 5.46. The van der Waals surface area contributed by atoms with Crippen molar-refractivity contribution in [2.45, 2.75) is 25.4 Å². The maximum absolute atomic E-state index is 12.5. The lowest BCUT2D eigenvalue weighted by molar-refractivity contribution is 0.0150. The van der Waals surface area contributed by atoms with Crippen LogP contribution in [-0.4, -0.2) is 64.3 Å². The molecule has 0 aromatic heterocycles. The molecule has 1 fully saturated rings. The Labute approximate surface area is 194 Å². The number of benzene rings is 1. The highest BCUT2D eigenvalue weighted by Gasteiger charge is 2.27. The minimum Gasteiger partial charge on any atom is -0.461 e. The molecule has 6 nitrogen and oxygen atoms in total. The molecule has 1 aliphatic rings. The van der Waals surface area contributed by atoms with E-state index < -0.39 is 11.4 Å². The van der Waals surface area contributed by atoms with E-state index in [1.807, 2.05) is 29.3 Å². The van der Waals surface area contributed by atoms with E-state index in [1.165, 1.54) is 18.9 Å². The zero-order chi connectivity index (χ0) is 21.9. The van der Waals surface area contributed by atoms with E-state index in [9.17, 15) is 14.7 Å². The number of carbonyl (C=O) groups is 2. The number of hydrogen-bond donors (Lipinski definition) is 1. The first-order valence-corrected chi connectivity index (χ1v) is 12.2. The van der Waals surface area contributed by atoms with Crippen molar-refractivity contribution in [1.29, 1.82) is 0 Å². The van der Waals surface area contributed by atoms with Crippen LogP contribution >= 0.6 is 39.5 Å². The molecule has 0 saturated carbocycles. The van der Waals surface area contributed by atoms with Gasteiger partial charge in [-0.15, -0.1) is 0 Å². The van der Waals surface area contributed by atoms with Gasteiger partial charge in [-0.25, -0.2) is 9.80 Å². The SMILES string of the molecule is C=C/C=C(/CCN1C(=O)SCCN1CC[C@@H](O)Cc1cccc(Br)c1)SC(=O)OC. The van der Waals surface area contributed by atoms with Crippen LogP contribution in [-0.2, 0) is 11.2 Å². The van der Waals surface area contributed by atoms with E-state index in [1.54, 1.807) is 17.2 Å². The summed E-state index contributed by atoms with van der Waals surface area (Å²) in [6, 6.07) is 7.91. The third-order valence-electron chi connectivity index (χ3n) is 4.46. The van der Waals surface area contributed by atoms with Crippen molar-refractivity contribution < 1.29 is 19.4 Å². The van der Waals surface area contributed by atoms with Crippen LogP contribution < -0.4 is 0 Å². The predicted molar refractivity (Wildman–Crippen MR) is 127 cm³/mol. The second kappa shape index (κ2) is 13.2. The molecular formula is C21H27BrN2O4S2. The summed E-state index contributed by atoms with van der Waals surface area (Å²) in [7, 11) is 1.34. The fraction of sp³-hybridized carbons (Fsp3) is 0.429. The third-order valence-corrected chi connectivity index (χ3v) is 6.74. The summed E-state index contributed by atoms with van der Waals surface area (Å²) in [5.41, 5.74) is 1.07. The molecule has 0 spiro atoms. The molecule has 1 heterocycles. The molecule has 1 aliphatic heterocycles. The Hall–Kier alpha value is -1.26. The summed E-state index contributed by atoms with van der Waals surface area (Å²) in [4.78, 5) is 24.8. The van der Waals surface area contributed by atoms with Crippen LogP contribution in [0.25, 0.3) is 0 Å². The van der Waals surface area contributed by atoms with E-state index >= 15 is 0 Å². The first-order chi connectivity index (χ1) is 14.4. The fourth-order valence-electron chi connectivity index (χ4n) is 3.01. The van der Waals surface area contributed by atoms with Crippen molar-refractivity contribution >= 4 is 50.0 Å². The first-order valence-electron chi connectivity index (χ1n) is 9.62. The van der Waals surface area contributed by atoms with Gasteiger partial charge in [-0.1, -0.05) is 58.6 Å². The lowest BCUT2D eigenvalue weighted by Crippen LogP contribution is -2.50. The summed E-state index contributed by atoms with van der Waals surface area (Å²) in [6.07, 6.45) is 4.54. The van der Waals surface area contributed by atoms with Gasteiger partial charge in [0, 0.05) is 29.9 Å². The van der Waals surface area contributed by atoms with Crippen LogP contribution in [0, 0.1) is 0 Å².